The molecule has 1 amide bonds. The SMILES string of the molecule is O=C(CN1CCC(c2nccn2CC2CCC2)CC1)NC[C@@H]1CCCO1. The highest BCUT2D eigenvalue weighted by Gasteiger charge is 2.26. The molecule has 1 aromatic heterocycles. The molecular weight excluding hydrogens is 328 g/mol. The third-order valence-electron chi connectivity index (χ3n) is 6.30. The quantitative estimate of drug-likeness (QED) is 0.809. The second-order valence-electron chi connectivity index (χ2n) is 8.22. The zero-order valence-electron chi connectivity index (χ0n) is 15.7. The third-order valence-corrected chi connectivity index (χ3v) is 6.30. The molecule has 6 heteroatoms. The lowest BCUT2D eigenvalue weighted by Crippen LogP contribution is -2.43. The van der Waals surface area contributed by atoms with Crippen LogP contribution < -0.4 is 5.32 Å². The van der Waals surface area contributed by atoms with Gasteiger partial charge < -0.3 is 14.6 Å². The molecule has 3 aliphatic rings. The lowest BCUT2D eigenvalue weighted by molar-refractivity contribution is -0.123. The highest BCUT2D eigenvalue weighted by atomic mass is 16.5. The molecule has 26 heavy (non-hydrogen) atoms. The fraction of sp³-hybridized carbons (Fsp3) is 0.800. The molecule has 0 aromatic carbocycles. The summed E-state index contributed by atoms with van der Waals surface area (Å²) in [6.45, 7) is 5.11. The first-order chi connectivity index (χ1) is 12.8. The standard InChI is InChI=1S/C20H32N4O2/c25-19(22-13-18-5-2-12-26-18)15-23-9-6-17(7-10-23)20-21-8-11-24(20)14-16-3-1-4-16/h8,11,16-18H,1-7,9-10,12-15H2,(H,22,25)/t18-/m0/s1. The van der Waals surface area contributed by atoms with Crippen molar-refractivity contribution in [2.45, 2.75) is 63.5 Å². The van der Waals surface area contributed by atoms with Gasteiger partial charge in [0.2, 0.25) is 5.91 Å². The molecule has 0 bridgehead atoms. The minimum Gasteiger partial charge on any atom is -0.376 e. The molecule has 1 saturated carbocycles. The van der Waals surface area contributed by atoms with Gasteiger partial charge in [-0.3, -0.25) is 9.69 Å². The van der Waals surface area contributed by atoms with E-state index >= 15 is 0 Å². The summed E-state index contributed by atoms with van der Waals surface area (Å²) in [4.78, 5) is 19.1. The molecule has 3 heterocycles. The van der Waals surface area contributed by atoms with Gasteiger partial charge in [-0.2, -0.15) is 0 Å². The van der Waals surface area contributed by atoms with Crippen molar-refractivity contribution >= 4 is 5.91 Å². The van der Waals surface area contributed by atoms with E-state index in [9.17, 15) is 4.79 Å². The number of piperidine rings is 1. The molecule has 2 saturated heterocycles. The molecule has 144 valence electrons. The van der Waals surface area contributed by atoms with Crippen molar-refractivity contribution < 1.29 is 9.53 Å². The van der Waals surface area contributed by atoms with Gasteiger partial charge in [-0.05, 0) is 57.5 Å². The van der Waals surface area contributed by atoms with Crippen molar-refractivity contribution in [2.75, 3.05) is 32.8 Å². The highest BCUT2D eigenvalue weighted by molar-refractivity contribution is 5.78. The molecule has 1 aliphatic carbocycles. The smallest absolute Gasteiger partial charge is 0.234 e. The number of rotatable bonds is 7. The zero-order valence-corrected chi connectivity index (χ0v) is 15.7. The Labute approximate surface area is 156 Å². The Morgan fingerprint density at radius 1 is 1.19 bits per heavy atom. The van der Waals surface area contributed by atoms with Crippen LogP contribution >= 0.6 is 0 Å². The molecule has 3 fully saturated rings. The van der Waals surface area contributed by atoms with Gasteiger partial charge in [0.25, 0.3) is 0 Å². The first-order valence-electron chi connectivity index (χ1n) is 10.4. The summed E-state index contributed by atoms with van der Waals surface area (Å²) < 4.78 is 7.95. The maximum Gasteiger partial charge on any atom is 0.234 e. The normalized spacial score (nSPS) is 25.3. The number of ether oxygens (including phenoxy) is 1. The number of hydrogen-bond donors (Lipinski definition) is 1. The van der Waals surface area contributed by atoms with Gasteiger partial charge in [-0.25, -0.2) is 4.98 Å². The topological polar surface area (TPSA) is 59.4 Å². The van der Waals surface area contributed by atoms with Gasteiger partial charge in [-0.1, -0.05) is 6.42 Å². The van der Waals surface area contributed by atoms with Gasteiger partial charge in [0, 0.05) is 38.0 Å². The van der Waals surface area contributed by atoms with Crippen LogP contribution in [0.4, 0.5) is 0 Å². The number of imidazole rings is 1. The molecule has 0 radical (unpaired) electrons. The average Bonchev–Trinajstić information content (AvgIpc) is 3.29. The van der Waals surface area contributed by atoms with Crippen LogP contribution in [0.5, 0.6) is 0 Å². The number of likely N-dealkylation sites (tertiary alicyclic amines) is 1. The molecule has 1 N–H and O–H groups in total. The number of amides is 1. The summed E-state index contributed by atoms with van der Waals surface area (Å²) in [7, 11) is 0. The molecule has 0 unspecified atom stereocenters. The number of carbonyl (C=O) groups is 1. The summed E-state index contributed by atoms with van der Waals surface area (Å²) >= 11 is 0. The van der Waals surface area contributed by atoms with Gasteiger partial charge >= 0.3 is 0 Å². The van der Waals surface area contributed by atoms with Crippen LogP contribution in [-0.4, -0.2) is 59.2 Å². The Morgan fingerprint density at radius 3 is 2.73 bits per heavy atom. The van der Waals surface area contributed by atoms with E-state index in [1.54, 1.807) is 0 Å². The van der Waals surface area contributed by atoms with Crippen LogP contribution in [0.1, 0.15) is 56.7 Å². The third kappa shape index (κ3) is 4.46. The average molecular weight is 361 g/mol. The Morgan fingerprint density at radius 2 is 2.04 bits per heavy atom. The van der Waals surface area contributed by atoms with E-state index in [4.69, 9.17) is 4.74 Å². The predicted octanol–water partition coefficient (Wildman–Crippen LogP) is 2.16. The van der Waals surface area contributed by atoms with Crippen LogP contribution in [0, 0.1) is 5.92 Å². The van der Waals surface area contributed by atoms with Crippen LogP contribution in [0.15, 0.2) is 12.4 Å². The number of carbonyl (C=O) groups excluding carboxylic acids is 1. The Bertz CT molecular complexity index is 584. The van der Waals surface area contributed by atoms with Crippen molar-refractivity contribution in [3.8, 4) is 0 Å². The second-order valence-corrected chi connectivity index (χ2v) is 8.22. The van der Waals surface area contributed by atoms with Crippen LogP contribution in [0.3, 0.4) is 0 Å². The van der Waals surface area contributed by atoms with Crippen molar-refractivity contribution in [1.82, 2.24) is 19.8 Å². The summed E-state index contributed by atoms with van der Waals surface area (Å²) in [5.74, 6) is 2.79. The van der Waals surface area contributed by atoms with E-state index in [1.165, 1.54) is 25.1 Å². The molecule has 6 nitrogen and oxygen atoms in total. The maximum atomic E-state index is 12.2. The van der Waals surface area contributed by atoms with E-state index in [2.05, 4.69) is 26.0 Å². The van der Waals surface area contributed by atoms with Crippen LogP contribution in [0.2, 0.25) is 0 Å². The summed E-state index contributed by atoms with van der Waals surface area (Å²) in [6, 6.07) is 0. The fourth-order valence-electron chi connectivity index (χ4n) is 4.43. The van der Waals surface area contributed by atoms with Gasteiger partial charge in [0.15, 0.2) is 0 Å². The second kappa shape index (κ2) is 8.53. The Hall–Kier alpha value is -1.40. The molecule has 1 aromatic rings. The van der Waals surface area contributed by atoms with Gasteiger partial charge in [0.05, 0.1) is 12.6 Å². The maximum absolute atomic E-state index is 12.2. The number of nitrogens with one attached hydrogen (secondary N) is 1. The minimum atomic E-state index is 0.130. The first kappa shape index (κ1) is 18.0. The lowest BCUT2D eigenvalue weighted by atomic mass is 9.85. The molecule has 2 aliphatic heterocycles. The minimum absolute atomic E-state index is 0.130. The van der Waals surface area contributed by atoms with Crippen molar-refractivity contribution in [3.05, 3.63) is 18.2 Å². The number of nitrogens with zero attached hydrogens (tertiary/aromatic N) is 3. The number of aromatic nitrogens is 2. The van der Waals surface area contributed by atoms with E-state index in [0.717, 1.165) is 57.8 Å². The van der Waals surface area contributed by atoms with E-state index < -0.39 is 0 Å². The fourth-order valence-corrected chi connectivity index (χ4v) is 4.43. The zero-order chi connectivity index (χ0) is 17.8. The lowest BCUT2D eigenvalue weighted by Gasteiger charge is -2.32. The van der Waals surface area contributed by atoms with Crippen molar-refractivity contribution in [3.63, 3.8) is 0 Å². The number of hydrogen-bond acceptors (Lipinski definition) is 4. The van der Waals surface area contributed by atoms with Gasteiger partial charge in [0.1, 0.15) is 5.82 Å². The Balaban J connectivity index is 1.20. The van der Waals surface area contributed by atoms with E-state index in [-0.39, 0.29) is 12.0 Å². The molecule has 4 rings (SSSR count). The molecule has 0 spiro atoms. The summed E-state index contributed by atoms with van der Waals surface area (Å²) in [5, 5.41) is 3.03. The van der Waals surface area contributed by atoms with Crippen molar-refractivity contribution in [1.29, 1.82) is 0 Å². The molecular formula is C20H32N4O2. The van der Waals surface area contributed by atoms with Gasteiger partial charge in [-0.15, -0.1) is 0 Å². The monoisotopic (exact) mass is 360 g/mol. The first-order valence-corrected chi connectivity index (χ1v) is 10.4. The summed E-state index contributed by atoms with van der Waals surface area (Å²) in [6.07, 6.45) is 12.8. The van der Waals surface area contributed by atoms with Crippen LogP contribution in [-0.2, 0) is 16.1 Å². The Kier molecular flexibility index (Phi) is 5.90. The predicted molar refractivity (Wildman–Crippen MR) is 100.0 cm³/mol. The largest absolute Gasteiger partial charge is 0.376 e. The van der Waals surface area contributed by atoms with Crippen molar-refractivity contribution in [2.24, 2.45) is 5.92 Å². The molecule has 1 atom stereocenters. The van der Waals surface area contributed by atoms with E-state index in [1.807, 2.05) is 6.20 Å². The van der Waals surface area contributed by atoms with E-state index in [0.29, 0.717) is 19.0 Å². The highest BCUT2D eigenvalue weighted by Crippen LogP contribution is 2.31. The van der Waals surface area contributed by atoms with Crippen LogP contribution in [0.25, 0.3) is 0 Å². The summed E-state index contributed by atoms with van der Waals surface area (Å²) in [5.41, 5.74) is 0.